The summed E-state index contributed by atoms with van der Waals surface area (Å²) < 4.78 is 11.0. The molecule has 0 saturated carbocycles. The number of methoxy groups -OCH3 is 1. The van der Waals surface area contributed by atoms with E-state index >= 15 is 0 Å². The molecule has 0 aromatic heterocycles. The van der Waals surface area contributed by atoms with Gasteiger partial charge in [0.15, 0.2) is 11.5 Å². The van der Waals surface area contributed by atoms with Gasteiger partial charge in [-0.3, -0.25) is 4.79 Å². The maximum atomic E-state index is 12.4. The number of nitrogens with zero attached hydrogens (tertiary/aromatic N) is 1. The van der Waals surface area contributed by atoms with E-state index in [4.69, 9.17) is 21.1 Å². The van der Waals surface area contributed by atoms with E-state index in [0.717, 1.165) is 6.54 Å². The minimum absolute atomic E-state index is 0.106. The number of carbonyl (C=O) groups is 1. The van der Waals surface area contributed by atoms with Gasteiger partial charge in [-0.05, 0) is 25.1 Å². The lowest BCUT2D eigenvalue weighted by Gasteiger charge is -2.19. The van der Waals surface area contributed by atoms with Gasteiger partial charge in [0.2, 0.25) is 0 Å². The Balaban J connectivity index is 2.99. The third-order valence-electron chi connectivity index (χ3n) is 3.08. The fourth-order valence-corrected chi connectivity index (χ4v) is 2.10. The van der Waals surface area contributed by atoms with Crippen LogP contribution >= 0.6 is 11.6 Å². The predicted molar refractivity (Wildman–Crippen MR) is 89.2 cm³/mol. The summed E-state index contributed by atoms with van der Waals surface area (Å²) in [6.07, 6.45) is 0. The first-order chi connectivity index (χ1) is 10.4. The highest BCUT2D eigenvalue weighted by Gasteiger charge is 2.18. The molecule has 0 aliphatic rings. The minimum Gasteiger partial charge on any atom is -0.493 e. The van der Waals surface area contributed by atoms with Crippen molar-refractivity contribution in [2.75, 3.05) is 40.9 Å². The lowest BCUT2D eigenvalue weighted by molar-refractivity contribution is 0.0796. The second-order valence-electron chi connectivity index (χ2n) is 5.52. The van der Waals surface area contributed by atoms with Crippen LogP contribution < -0.4 is 14.8 Å². The summed E-state index contributed by atoms with van der Waals surface area (Å²) in [4.78, 5) is 14.0. The molecule has 5 nitrogen and oxygen atoms in total. The van der Waals surface area contributed by atoms with E-state index in [-0.39, 0.29) is 5.91 Å². The fourth-order valence-electron chi connectivity index (χ4n) is 1.83. The molecule has 0 aliphatic carbocycles. The molecule has 0 bridgehead atoms. The van der Waals surface area contributed by atoms with Crippen LogP contribution in [-0.4, -0.2) is 51.7 Å². The quantitative estimate of drug-likeness (QED) is 0.797. The van der Waals surface area contributed by atoms with Gasteiger partial charge >= 0.3 is 0 Å². The molecule has 1 rings (SSSR count). The fraction of sp³-hybridized carbons (Fsp3) is 0.562. The molecule has 124 valence electrons. The summed E-state index contributed by atoms with van der Waals surface area (Å²) >= 11 is 6.26. The Morgan fingerprint density at radius 3 is 2.64 bits per heavy atom. The van der Waals surface area contributed by atoms with E-state index in [2.05, 4.69) is 19.2 Å². The largest absolute Gasteiger partial charge is 0.493 e. The van der Waals surface area contributed by atoms with Crippen LogP contribution in [0.5, 0.6) is 11.5 Å². The molecule has 1 aromatic carbocycles. The molecular formula is C16H25ClN2O3. The molecule has 1 amide bonds. The molecule has 0 aliphatic heterocycles. The van der Waals surface area contributed by atoms with Gasteiger partial charge in [0.1, 0.15) is 0 Å². The molecule has 0 radical (unpaired) electrons. The number of ether oxygens (including phenoxy) is 2. The van der Waals surface area contributed by atoms with Gasteiger partial charge in [0.25, 0.3) is 5.91 Å². The summed E-state index contributed by atoms with van der Waals surface area (Å²) in [6.45, 7) is 5.97. The number of likely N-dealkylation sites (N-methyl/N-ethyl adjacent to an activating group) is 2. The number of amides is 1. The smallest absolute Gasteiger partial charge is 0.253 e. The summed E-state index contributed by atoms with van der Waals surface area (Å²) in [7, 11) is 5.13. The van der Waals surface area contributed by atoms with Gasteiger partial charge in [-0.1, -0.05) is 25.4 Å². The Labute approximate surface area is 137 Å². The molecule has 0 atom stereocenters. The van der Waals surface area contributed by atoms with Gasteiger partial charge in [0.05, 0.1) is 18.7 Å². The number of rotatable bonds is 8. The van der Waals surface area contributed by atoms with Crippen molar-refractivity contribution in [1.29, 1.82) is 0 Å². The van der Waals surface area contributed by atoms with E-state index in [1.165, 1.54) is 7.11 Å². The average Bonchev–Trinajstić information content (AvgIpc) is 2.49. The highest BCUT2D eigenvalue weighted by Crippen LogP contribution is 2.37. The van der Waals surface area contributed by atoms with E-state index in [1.54, 1.807) is 24.1 Å². The molecule has 0 saturated heterocycles. The third kappa shape index (κ3) is 5.07. The Morgan fingerprint density at radius 2 is 2.09 bits per heavy atom. The van der Waals surface area contributed by atoms with Gasteiger partial charge in [-0.2, -0.15) is 0 Å². The van der Waals surface area contributed by atoms with Crippen LogP contribution in [0.4, 0.5) is 0 Å². The van der Waals surface area contributed by atoms with E-state index in [0.29, 0.717) is 41.2 Å². The summed E-state index contributed by atoms with van der Waals surface area (Å²) in [5, 5.41) is 3.39. The van der Waals surface area contributed by atoms with E-state index < -0.39 is 0 Å². The Hall–Kier alpha value is -1.46. The topological polar surface area (TPSA) is 50.8 Å². The van der Waals surface area contributed by atoms with Crippen LogP contribution in [0, 0.1) is 5.92 Å². The maximum Gasteiger partial charge on any atom is 0.253 e. The van der Waals surface area contributed by atoms with E-state index in [9.17, 15) is 4.79 Å². The standard InChI is InChI=1S/C16H25ClN2O3/c1-11(2)10-22-15-13(17)8-12(9-14(15)21-5)16(20)19(4)7-6-18-3/h8-9,11,18H,6-7,10H2,1-5H3. The zero-order chi connectivity index (χ0) is 16.7. The van der Waals surface area contributed by atoms with Crippen LogP contribution in [0.3, 0.4) is 0 Å². The Kier molecular flexibility index (Phi) is 7.48. The number of nitrogens with one attached hydrogen (secondary N) is 1. The lowest BCUT2D eigenvalue weighted by Crippen LogP contribution is -2.32. The Morgan fingerprint density at radius 1 is 1.41 bits per heavy atom. The zero-order valence-electron chi connectivity index (χ0n) is 13.9. The van der Waals surface area contributed by atoms with Gasteiger partial charge < -0.3 is 19.7 Å². The summed E-state index contributed by atoms with van der Waals surface area (Å²) in [5.41, 5.74) is 0.484. The highest BCUT2D eigenvalue weighted by molar-refractivity contribution is 6.32. The van der Waals surface area contributed by atoms with Crippen molar-refractivity contribution in [1.82, 2.24) is 10.2 Å². The molecule has 0 spiro atoms. The maximum absolute atomic E-state index is 12.4. The van der Waals surface area contributed by atoms with Crippen LogP contribution in [0.25, 0.3) is 0 Å². The first kappa shape index (κ1) is 18.6. The van der Waals surface area contributed by atoms with Crippen molar-refractivity contribution in [3.63, 3.8) is 0 Å². The molecule has 1 N–H and O–H groups in total. The highest BCUT2D eigenvalue weighted by atomic mass is 35.5. The number of hydrogen-bond donors (Lipinski definition) is 1. The molecule has 0 fully saturated rings. The van der Waals surface area contributed by atoms with Crippen molar-refractivity contribution >= 4 is 17.5 Å². The number of hydrogen-bond acceptors (Lipinski definition) is 4. The van der Waals surface area contributed by atoms with Crippen molar-refractivity contribution in [2.24, 2.45) is 5.92 Å². The minimum atomic E-state index is -0.106. The molecule has 6 heteroatoms. The van der Waals surface area contributed by atoms with E-state index in [1.807, 2.05) is 7.05 Å². The van der Waals surface area contributed by atoms with Gasteiger partial charge in [-0.15, -0.1) is 0 Å². The van der Waals surface area contributed by atoms with Gasteiger partial charge in [-0.25, -0.2) is 0 Å². The third-order valence-corrected chi connectivity index (χ3v) is 3.36. The van der Waals surface area contributed by atoms with Crippen LogP contribution in [0.2, 0.25) is 5.02 Å². The summed E-state index contributed by atoms with van der Waals surface area (Å²) in [5.74, 6) is 1.21. The van der Waals surface area contributed by atoms with Crippen molar-refractivity contribution in [2.45, 2.75) is 13.8 Å². The van der Waals surface area contributed by atoms with Crippen molar-refractivity contribution < 1.29 is 14.3 Å². The molecule has 0 unspecified atom stereocenters. The molecular weight excluding hydrogens is 304 g/mol. The summed E-state index contributed by atoms with van der Waals surface area (Å²) in [6, 6.07) is 3.29. The second-order valence-corrected chi connectivity index (χ2v) is 5.93. The van der Waals surface area contributed by atoms with Crippen molar-refractivity contribution in [3.8, 4) is 11.5 Å². The molecule has 0 heterocycles. The second kappa shape index (κ2) is 8.86. The predicted octanol–water partition coefficient (Wildman–Crippen LogP) is 2.67. The van der Waals surface area contributed by atoms with Gasteiger partial charge in [0, 0.05) is 25.7 Å². The van der Waals surface area contributed by atoms with Crippen LogP contribution in [0.1, 0.15) is 24.2 Å². The lowest BCUT2D eigenvalue weighted by atomic mass is 10.1. The first-order valence-electron chi connectivity index (χ1n) is 7.31. The Bertz CT molecular complexity index is 506. The van der Waals surface area contributed by atoms with Crippen molar-refractivity contribution in [3.05, 3.63) is 22.7 Å². The number of benzene rings is 1. The van der Waals surface area contributed by atoms with Crippen LogP contribution in [0.15, 0.2) is 12.1 Å². The zero-order valence-corrected chi connectivity index (χ0v) is 14.7. The molecule has 22 heavy (non-hydrogen) atoms. The number of carbonyl (C=O) groups excluding carboxylic acids is 1. The first-order valence-corrected chi connectivity index (χ1v) is 7.68. The number of halogens is 1. The van der Waals surface area contributed by atoms with Crippen LogP contribution in [-0.2, 0) is 0 Å². The molecule has 1 aromatic rings. The monoisotopic (exact) mass is 328 g/mol. The SMILES string of the molecule is CNCCN(C)C(=O)c1cc(Cl)c(OCC(C)C)c(OC)c1. The normalized spacial score (nSPS) is 10.7. The average molecular weight is 329 g/mol.